The predicted octanol–water partition coefficient (Wildman–Crippen LogP) is 1.80. The highest BCUT2D eigenvalue weighted by molar-refractivity contribution is 7.91. The summed E-state index contributed by atoms with van der Waals surface area (Å²) in [5.41, 5.74) is 0.755. The van der Waals surface area contributed by atoms with Gasteiger partial charge >= 0.3 is 5.76 Å². The third-order valence-corrected chi connectivity index (χ3v) is 6.64. The fourth-order valence-corrected chi connectivity index (χ4v) is 4.91. The van der Waals surface area contributed by atoms with Crippen LogP contribution in [0.3, 0.4) is 0 Å². The molecule has 1 aliphatic rings. The van der Waals surface area contributed by atoms with E-state index in [0.717, 1.165) is 6.42 Å². The van der Waals surface area contributed by atoms with E-state index in [0.29, 0.717) is 30.4 Å². The Balaban J connectivity index is 1.72. The van der Waals surface area contributed by atoms with Gasteiger partial charge in [-0.2, -0.15) is 0 Å². The number of oxazole rings is 1. The number of aryl methyl sites for hydroxylation is 1. The van der Waals surface area contributed by atoms with E-state index in [4.69, 9.17) is 4.42 Å². The van der Waals surface area contributed by atoms with Gasteiger partial charge in [-0.1, -0.05) is 13.8 Å². The third kappa shape index (κ3) is 3.70. The Kier molecular flexibility index (Phi) is 4.96. The normalized spacial score (nSPS) is 21.3. The first-order valence-corrected chi connectivity index (χ1v) is 10.4. The molecule has 1 aromatic carbocycles. The van der Waals surface area contributed by atoms with Gasteiger partial charge < -0.3 is 9.32 Å². The maximum absolute atomic E-state index is 12.6. The maximum Gasteiger partial charge on any atom is 0.419 e. The SMILES string of the molecule is C[C@@H]1C[C@H](C)CN(C(=O)CCS(=O)(=O)c2ccc3c(c2)oc(=O)n3C)C1. The zero-order chi connectivity index (χ0) is 19.1. The van der Waals surface area contributed by atoms with Gasteiger partial charge in [0.1, 0.15) is 0 Å². The first-order valence-electron chi connectivity index (χ1n) is 8.77. The van der Waals surface area contributed by atoms with Crippen molar-refractivity contribution in [1.82, 2.24) is 9.47 Å². The molecule has 3 rings (SSSR count). The van der Waals surface area contributed by atoms with Crippen molar-refractivity contribution in [1.29, 1.82) is 0 Å². The molecule has 0 aliphatic carbocycles. The number of hydrogen-bond donors (Lipinski definition) is 0. The van der Waals surface area contributed by atoms with Gasteiger partial charge in [-0.25, -0.2) is 13.2 Å². The highest BCUT2D eigenvalue weighted by Gasteiger charge is 2.27. The molecule has 0 saturated carbocycles. The number of carbonyl (C=O) groups is 1. The average Bonchev–Trinajstić information content (AvgIpc) is 2.86. The van der Waals surface area contributed by atoms with Crippen molar-refractivity contribution in [3.8, 4) is 0 Å². The smallest absolute Gasteiger partial charge is 0.408 e. The van der Waals surface area contributed by atoms with Crippen LogP contribution in [0.25, 0.3) is 11.1 Å². The van der Waals surface area contributed by atoms with Crippen LogP contribution in [0, 0.1) is 11.8 Å². The quantitative estimate of drug-likeness (QED) is 0.807. The summed E-state index contributed by atoms with van der Waals surface area (Å²) in [6, 6.07) is 4.34. The van der Waals surface area contributed by atoms with Gasteiger partial charge in [-0.05, 0) is 30.4 Å². The van der Waals surface area contributed by atoms with Crippen LogP contribution in [0.1, 0.15) is 26.7 Å². The third-order valence-electron chi connectivity index (χ3n) is 4.93. The number of piperidine rings is 1. The molecule has 0 unspecified atom stereocenters. The van der Waals surface area contributed by atoms with Gasteiger partial charge in [0.25, 0.3) is 0 Å². The van der Waals surface area contributed by atoms with Crippen molar-refractivity contribution < 1.29 is 17.6 Å². The first-order chi connectivity index (χ1) is 12.2. The number of nitrogens with zero attached hydrogens (tertiary/aromatic N) is 2. The number of benzene rings is 1. The van der Waals surface area contributed by atoms with E-state index >= 15 is 0 Å². The monoisotopic (exact) mass is 380 g/mol. The standard InChI is InChI=1S/C18H24N2O5S/c1-12-8-13(2)11-20(10-12)17(21)6-7-26(23,24)14-4-5-15-16(9-14)25-18(22)19(15)3/h4-5,9,12-13H,6-8,10-11H2,1-3H3/t12-,13+. The summed E-state index contributed by atoms with van der Waals surface area (Å²) in [5.74, 6) is -0.0593. The molecular weight excluding hydrogens is 356 g/mol. The topological polar surface area (TPSA) is 89.6 Å². The summed E-state index contributed by atoms with van der Waals surface area (Å²) in [5, 5.41) is 0. The summed E-state index contributed by atoms with van der Waals surface area (Å²) in [6.45, 7) is 5.58. The molecule has 0 N–H and O–H groups in total. The van der Waals surface area contributed by atoms with E-state index in [1.54, 1.807) is 18.0 Å². The lowest BCUT2D eigenvalue weighted by Gasteiger charge is -2.35. The molecule has 1 aliphatic heterocycles. The van der Waals surface area contributed by atoms with Gasteiger partial charge in [-0.15, -0.1) is 0 Å². The van der Waals surface area contributed by atoms with Gasteiger partial charge in [-0.3, -0.25) is 9.36 Å². The molecule has 7 nitrogen and oxygen atoms in total. The van der Waals surface area contributed by atoms with Gasteiger partial charge in [0.2, 0.25) is 5.91 Å². The molecule has 2 heterocycles. The van der Waals surface area contributed by atoms with Crippen LogP contribution in [0.5, 0.6) is 0 Å². The molecule has 26 heavy (non-hydrogen) atoms. The minimum atomic E-state index is -3.63. The van der Waals surface area contributed by atoms with Crippen LogP contribution in [-0.2, 0) is 21.7 Å². The van der Waals surface area contributed by atoms with Crippen molar-refractivity contribution >= 4 is 26.8 Å². The van der Waals surface area contributed by atoms with Crippen molar-refractivity contribution in [3.63, 3.8) is 0 Å². The number of likely N-dealkylation sites (tertiary alicyclic amines) is 1. The zero-order valence-corrected chi connectivity index (χ0v) is 16.1. The van der Waals surface area contributed by atoms with E-state index in [-0.39, 0.29) is 28.6 Å². The molecular formula is C18H24N2O5S. The Morgan fingerprint density at radius 2 is 1.88 bits per heavy atom. The molecule has 0 radical (unpaired) electrons. The molecule has 1 fully saturated rings. The fourth-order valence-electron chi connectivity index (χ4n) is 3.67. The largest absolute Gasteiger partial charge is 0.419 e. The van der Waals surface area contributed by atoms with Crippen molar-refractivity contribution in [3.05, 3.63) is 28.7 Å². The molecule has 1 aromatic heterocycles. The maximum atomic E-state index is 12.6. The number of hydrogen-bond acceptors (Lipinski definition) is 5. The highest BCUT2D eigenvalue weighted by atomic mass is 32.2. The Morgan fingerprint density at radius 1 is 1.23 bits per heavy atom. The lowest BCUT2D eigenvalue weighted by Crippen LogP contribution is -2.43. The molecule has 142 valence electrons. The molecule has 2 atom stereocenters. The van der Waals surface area contributed by atoms with Crippen molar-refractivity contribution in [2.75, 3.05) is 18.8 Å². The van der Waals surface area contributed by atoms with Crippen molar-refractivity contribution in [2.45, 2.75) is 31.6 Å². The molecule has 0 spiro atoms. The van der Waals surface area contributed by atoms with Gasteiger partial charge in [0.05, 0.1) is 16.2 Å². The summed E-state index contributed by atoms with van der Waals surface area (Å²) < 4.78 is 31.5. The second kappa shape index (κ2) is 6.90. The molecule has 1 saturated heterocycles. The van der Waals surface area contributed by atoms with Crippen molar-refractivity contribution in [2.24, 2.45) is 18.9 Å². The fraction of sp³-hybridized carbons (Fsp3) is 0.556. The van der Waals surface area contributed by atoms with Crippen LogP contribution in [0.15, 0.2) is 32.3 Å². The van der Waals surface area contributed by atoms with Gasteiger partial charge in [0.15, 0.2) is 15.4 Å². The molecule has 1 amide bonds. The summed E-state index contributed by atoms with van der Waals surface area (Å²) in [6.07, 6.45) is 1.04. The number of fused-ring (bicyclic) bond motifs is 1. The highest BCUT2D eigenvalue weighted by Crippen LogP contribution is 2.23. The number of carbonyl (C=O) groups excluding carboxylic acids is 1. The molecule has 8 heteroatoms. The number of rotatable bonds is 4. The summed E-state index contributed by atoms with van der Waals surface area (Å²) >= 11 is 0. The lowest BCUT2D eigenvalue weighted by molar-refractivity contribution is -0.133. The Labute approximate surface area is 152 Å². The van der Waals surface area contributed by atoms with Crippen LogP contribution in [-0.4, -0.2) is 42.6 Å². The van der Waals surface area contributed by atoms with Crippen LogP contribution in [0.4, 0.5) is 0 Å². The van der Waals surface area contributed by atoms with E-state index in [9.17, 15) is 18.0 Å². The number of amides is 1. The average molecular weight is 380 g/mol. The predicted molar refractivity (Wildman–Crippen MR) is 97.6 cm³/mol. The van der Waals surface area contributed by atoms with Crippen LogP contribution >= 0.6 is 0 Å². The van der Waals surface area contributed by atoms with E-state index in [1.165, 1.54) is 16.7 Å². The minimum Gasteiger partial charge on any atom is -0.408 e. The number of sulfone groups is 1. The zero-order valence-electron chi connectivity index (χ0n) is 15.3. The second-order valence-corrected chi connectivity index (χ2v) is 9.48. The molecule has 0 bridgehead atoms. The molecule has 2 aromatic rings. The number of aromatic nitrogens is 1. The second-order valence-electron chi connectivity index (χ2n) is 7.37. The lowest BCUT2D eigenvalue weighted by atomic mass is 9.92. The van der Waals surface area contributed by atoms with E-state index in [2.05, 4.69) is 13.8 Å². The Morgan fingerprint density at radius 3 is 2.54 bits per heavy atom. The summed E-state index contributed by atoms with van der Waals surface area (Å²) in [7, 11) is -2.08. The Hall–Kier alpha value is -2.09. The van der Waals surface area contributed by atoms with E-state index < -0.39 is 15.6 Å². The van der Waals surface area contributed by atoms with Gasteiger partial charge in [0, 0.05) is 32.6 Å². The minimum absolute atomic E-state index is 0.0431. The van der Waals surface area contributed by atoms with E-state index in [1.807, 2.05) is 0 Å². The van der Waals surface area contributed by atoms with Crippen LogP contribution < -0.4 is 5.76 Å². The Bertz CT molecular complexity index is 979. The van der Waals surface area contributed by atoms with Crippen LogP contribution in [0.2, 0.25) is 0 Å². The summed E-state index contributed by atoms with van der Waals surface area (Å²) in [4.78, 5) is 25.8. The first kappa shape index (κ1) is 18.7.